The van der Waals surface area contributed by atoms with E-state index in [1.165, 1.54) is 0 Å². The molecule has 0 aliphatic carbocycles. The van der Waals surface area contributed by atoms with Crippen LogP contribution in [0.25, 0.3) is 10.8 Å². The minimum atomic E-state index is -1.41. The van der Waals surface area contributed by atoms with Gasteiger partial charge >= 0.3 is 5.97 Å². The molecule has 0 aromatic heterocycles. The van der Waals surface area contributed by atoms with E-state index in [-0.39, 0.29) is 6.04 Å². The molecular weight excluding hydrogens is 342 g/mol. The maximum atomic E-state index is 12.2. The van der Waals surface area contributed by atoms with Gasteiger partial charge in [0.25, 0.3) is 5.91 Å². The van der Waals surface area contributed by atoms with E-state index in [1.54, 1.807) is 30.3 Å². The molecule has 0 aliphatic heterocycles. The lowest BCUT2D eigenvalue weighted by Gasteiger charge is -2.17. The second-order valence-corrected chi connectivity index (χ2v) is 6.28. The summed E-state index contributed by atoms with van der Waals surface area (Å²) in [5.41, 5.74) is 1.41. The average molecular weight is 363 g/mol. The quantitative estimate of drug-likeness (QED) is 0.659. The second kappa shape index (κ2) is 8.47. The van der Waals surface area contributed by atoms with Gasteiger partial charge in [0.1, 0.15) is 0 Å². The van der Waals surface area contributed by atoms with Crippen LogP contribution < -0.4 is 5.32 Å². The number of aliphatic hydroxyl groups excluding tert-OH is 1. The molecule has 27 heavy (non-hydrogen) atoms. The second-order valence-electron chi connectivity index (χ2n) is 6.28. The molecule has 138 valence electrons. The molecule has 0 fully saturated rings. The summed E-state index contributed by atoms with van der Waals surface area (Å²) in [7, 11) is 0. The summed E-state index contributed by atoms with van der Waals surface area (Å²) in [5.74, 6) is -1.28. The van der Waals surface area contributed by atoms with Gasteiger partial charge in [0, 0.05) is 0 Å². The van der Waals surface area contributed by atoms with Crippen LogP contribution in [0.4, 0.5) is 0 Å². The van der Waals surface area contributed by atoms with Crippen LogP contribution in [0.2, 0.25) is 0 Å². The molecule has 5 nitrogen and oxygen atoms in total. The van der Waals surface area contributed by atoms with Crippen molar-refractivity contribution in [2.45, 2.75) is 19.1 Å². The monoisotopic (exact) mass is 363 g/mol. The molecule has 2 atom stereocenters. The zero-order valence-corrected chi connectivity index (χ0v) is 15.0. The third-order valence-electron chi connectivity index (χ3n) is 4.35. The van der Waals surface area contributed by atoms with Gasteiger partial charge in [-0.3, -0.25) is 4.79 Å². The molecule has 0 saturated heterocycles. The minimum absolute atomic E-state index is 0.249. The summed E-state index contributed by atoms with van der Waals surface area (Å²) >= 11 is 0. The van der Waals surface area contributed by atoms with Gasteiger partial charge in [0.15, 0.2) is 12.7 Å². The lowest BCUT2D eigenvalue weighted by Crippen LogP contribution is -2.32. The zero-order valence-electron chi connectivity index (χ0n) is 15.0. The highest BCUT2D eigenvalue weighted by Crippen LogP contribution is 2.24. The van der Waals surface area contributed by atoms with E-state index in [4.69, 9.17) is 4.74 Å². The summed E-state index contributed by atoms with van der Waals surface area (Å²) in [5, 5.41) is 14.9. The lowest BCUT2D eigenvalue weighted by atomic mass is 10.00. The minimum Gasteiger partial charge on any atom is -0.453 e. The molecule has 3 aromatic carbocycles. The molecule has 2 N–H and O–H groups in total. The van der Waals surface area contributed by atoms with Crippen LogP contribution in [0, 0.1) is 0 Å². The smallest absolute Gasteiger partial charge is 0.340 e. The molecule has 5 heteroatoms. The van der Waals surface area contributed by atoms with Gasteiger partial charge in [-0.05, 0) is 28.8 Å². The number of aliphatic hydroxyl groups is 1. The van der Waals surface area contributed by atoms with Crippen LogP contribution >= 0.6 is 0 Å². The Morgan fingerprint density at radius 2 is 1.63 bits per heavy atom. The molecule has 0 spiro atoms. The molecule has 0 radical (unpaired) electrons. The summed E-state index contributed by atoms with van der Waals surface area (Å²) in [6, 6.07) is 22.0. The highest BCUT2D eigenvalue weighted by atomic mass is 16.5. The van der Waals surface area contributed by atoms with Crippen LogP contribution in [0.15, 0.2) is 72.8 Å². The van der Waals surface area contributed by atoms with Crippen molar-refractivity contribution in [3.8, 4) is 0 Å². The Labute approximate surface area is 157 Å². The fraction of sp³-hybridized carbons (Fsp3) is 0.182. The Bertz CT molecular complexity index is 934. The fourth-order valence-corrected chi connectivity index (χ4v) is 2.98. The van der Waals surface area contributed by atoms with Crippen molar-refractivity contribution in [1.29, 1.82) is 0 Å². The average Bonchev–Trinajstić information content (AvgIpc) is 2.71. The largest absolute Gasteiger partial charge is 0.453 e. The Morgan fingerprint density at radius 3 is 2.41 bits per heavy atom. The Hall–Kier alpha value is -3.18. The maximum Gasteiger partial charge on any atom is 0.340 e. The van der Waals surface area contributed by atoms with Crippen LogP contribution in [-0.2, 0) is 14.3 Å². The van der Waals surface area contributed by atoms with Crippen molar-refractivity contribution >= 4 is 22.6 Å². The van der Waals surface area contributed by atoms with Gasteiger partial charge in [-0.2, -0.15) is 0 Å². The number of benzene rings is 3. The number of amides is 1. The third-order valence-corrected chi connectivity index (χ3v) is 4.35. The Kier molecular flexibility index (Phi) is 5.84. The number of ether oxygens (including phenoxy) is 1. The van der Waals surface area contributed by atoms with Crippen molar-refractivity contribution in [2.75, 3.05) is 6.61 Å². The van der Waals surface area contributed by atoms with Gasteiger partial charge in [0.05, 0.1) is 6.04 Å². The molecular formula is C22H21NO4. The number of carbonyl (C=O) groups excluding carboxylic acids is 2. The van der Waals surface area contributed by atoms with Crippen LogP contribution in [0.5, 0.6) is 0 Å². The molecule has 0 bridgehead atoms. The van der Waals surface area contributed by atoms with Gasteiger partial charge in [-0.25, -0.2) is 4.79 Å². The molecule has 0 unspecified atom stereocenters. The Morgan fingerprint density at radius 1 is 0.963 bits per heavy atom. The van der Waals surface area contributed by atoms with E-state index < -0.39 is 24.6 Å². The summed E-state index contributed by atoms with van der Waals surface area (Å²) in [6.45, 7) is 1.43. The first-order valence-electron chi connectivity index (χ1n) is 8.73. The SMILES string of the molecule is C[C@@H](NC(=O)COC(=O)[C@@H](O)c1ccccc1)c1cccc2ccccc12. The number of hydrogen-bond donors (Lipinski definition) is 2. The van der Waals surface area contributed by atoms with E-state index in [1.807, 2.05) is 49.4 Å². The molecule has 3 rings (SSSR count). The first-order chi connectivity index (χ1) is 13.1. The van der Waals surface area contributed by atoms with Crippen molar-refractivity contribution in [2.24, 2.45) is 0 Å². The molecule has 0 heterocycles. The number of nitrogens with one attached hydrogen (secondary N) is 1. The number of esters is 1. The zero-order chi connectivity index (χ0) is 19.2. The predicted molar refractivity (Wildman–Crippen MR) is 103 cm³/mol. The predicted octanol–water partition coefficient (Wildman–Crippen LogP) is 3.29. The molecule has 0 saturated carbocycles. The van der Waals surface area contributed by atoms with Crippen molar-refractivity contribution in [1.82, 2.24) is 5.32 Å². The van der Waals surface area contributed by atoms with E-state index in [2.05, 4.69) is 5.32 Å². The highest BCUT2D eigenvalue weighted by molar-refractivity contribution is 5.87. The Balaban J connectivity index is 1.58. The van der Waals surface area contributed by atoms with Crippen molar-refractivity contribution in [3.63, 3.8) is 0 Å². The van der Waals surface area contributed by atoms with Crippen LogP contribution in [0.3, 0.4) is 0 Å². The lowest BCUT2D eigenvalue weighted by molar-refractivity contribution is -0.157. The maximum absolute atomic E-state index is 12.2. The van der Waals surface area contributed by atoms with E-state index >= 15 is 0 Å². The number of hydrogen-bond acceptors (Lipinski definition) is 4. The van der Waals surface area contributed by atoms with Gasteiger partial charge < -0.3 is 15.2 Å². The number of fused-ring (bicyclic) bond motifs is 1. The van der Waals surface area contributed by atoms with Gasteiger partial charge in [-0.1, -0.05) is 72.8 Å². The van der Waals surface area contributed by atoms with Gasteiger partial charge in [-0.15, -0.1) is 0 Å². The van der Waals surface area contributed by atoms with E-state index in [9.17, 15) is 14.7 Å². The van der Waals surface area contributed by atoms with E-state index in [0.717, 1.165) is 16.3 Å². The molecule has 3 aromatic rings. The van der Waals surface area contributed by atoms with Crippen molar-refractivity contribution < 1.29 is 19.4 Å². The fourth-order valence-electron chi connectivity index (χ4n) is 2.98. The number of rotatable bonds is 6. The number of carbonyl (C=O) groups is 2. The third kappa shape index (κ3) is 4.51. The summed E-state index contributed by atoms with van der Waals surface area (Å²) in [6.07, 6.45) is -1.41. The van der Waals surface area contributed by atoms with Crippen LogP contribution in [0.1, 0.15) is 30.2 Å². The summed E-state index contributed by atoms with van der Waals surface area (Å²) in [4.78, 5) is 24.1. The normalized spacial score (nSPS) is 13.0. The van der Waals surface area contributed by atoms with Gasteiger partial charge in [0.2, 0.25) is 0 Å². The van der Waals surface area contributed by atoms with Crippen molar-refractivity contribution in [3.05, 3.63) is 83.9 Å². The van der Waals surface area contributed by atoms with E-state index in [0.29, 0.717) is 5.56 Å². The standard InChI is InChI=1S/C22H21NO4/c1-15(18-13-7-11-16-8-5-6-12-19(16)18)23-20(24)14-27-22(26)21(25)17-9-3-2-4-10-17/h2-13,15,21,25H,14H2,1H3,(H,23,24)/t15-,21+/m1/s1. The first kappa shape index (κ1) is 18.6. The first-order valence-corrected chi connectivity index (χ1v) is 8.73. The van der Waals surface area contributed by atoms with Crippen LogP contribution in [-0.4, -0.2) is 23.6 Å². The summed E-state index contributed by atoms with van der Waals surface area (Å²) < 4.78 is 4.94. The molecule has 0 aliphatic rings. The topological polar surface area (TPSA) is 75.6 Å². The molecule has 1 amide bonds. The highest BCUT2D eigenvalue weighted by Gasteiger charge is 2.20.